The van der Waals surface area contributed by atoms with E-state index in [2.05, 4.69) is 12.2 Å². The van der Waals surface area contributed by atoms with Gasteiger partial charge in [0.25, 0.3) is 5.91 Å². The maximum Gasteiger partial charge on any atom is 0.260 e. The highest BCUT2D eigenvalue weighted by atomic mass is 35.5. The fourth-order valence-electron chi connectivity index (χ4n) is 1.85. The summed E-state index contributed by atoms with van der Waals surface area (Å²) in [6.45, 7) is 9.03. The fourth-order valence-corrected chi connectivity index (χ4v) is 2.11. The van der Waals surface area contributed by atoms with Gasteiger partial charge in [-0.25, -0.2) is 0 Å². The highest BCUT2D eigenvalue weighted by molar-refractivity contribution is 6.32. The minimum atomic E-state index is -0.0252. The van der Waals surface area contributed by atoms with E-state index in [1.807, 2.05) is 32.0 Å². The number of halogens is 1. The molecule has 1 aromatic carbocycles. The average molecular weight is 299 g/mol. The molecule has 0 radical (unpaired) electrons. The number of hydrogen-bond acceptors (Lipinski definition) is 3. The summed E-state index contributed by atoms with van der Waals surface area (Å²) >= 11 is 6.16. The Kier molecular flexibility index (Phi) is 7.41. The van der Waals surface area contributed by atoms with E-state index in [1.165, 1.54) is 0 Å². The van der Waals surface area contributed by atoms with Crippen LogP contribution in [-0.2, 0) is 11.3 Å². The molecule has 0 heterocycles. The Bertz CT molecular complexity index is 434. The van der Waals surface area contributed by atoms with Crippen LogP contribution in [0.15, 0.2) is 18.2 Å². The van der Waals surface area contributed by atoms with Gasteiger partial charge in [0.15, 0.2) is 6.61 Å². The van der Waals surface area contributed by atoms with Crippen LogP contribution in [0, 0.1) is 0 Å². The summed E-state index contributed by atoms with van der Waals surface area (Å²) in [7, 11) is 0. The Balaban J connectivity index is 2.58. The van der Waals surface area contributed by atoms with Crippen molar-refractivity contribution in [2.75, 3.05) is 26.2 Å². The smallest absolute Gasteiger partial charge is 0.260 e. The molecule has 112 valence electrons. The third kappa shape index (κ3) is 5.02. The third-order valence-corrected chi connectivity index (χ3v) is 3.34. The second-order valence-electron chi connectivity index (χ2n) is 4.40. The molecule has 0 bridgehead atoms. The van der Waals surface area contributed by atoms with Crippen molar-refractivity contribution in [3.63, 3.8) is 0 Å². The highest BCUT2D eigenvalue weighted by Gasteiger charge is 2.11. The Morgan fingerprint density at radius 2 is 2.00 bits per heavy atom. The van der Waals surface area contributed by atoms with E-state index in [9.17, 15) is 4.79 Å². The van der Waals surface area contributed by atoms with Crippen LogP contribution in [-0.4, -0.2) is 37.0 Å². The first-order chi connectivity index (χ1) is 9.62. The Morgan fingerprint density at radius 1 is 1.30 bits per heavy atom. The standard InChI is InChI=1S/C15H23ClN2O2/c1-4-17-10-12-7-8-14(13(16)9-12)20-11-15(19)18(5-2)6-3/h7-9,17H,4-6,10-11H2,1-3H3. The predicted octanol–water partition coefficient (Wildman–Crippen LogP) is 2.70. The topological polar surface area (TPSA) is 41.6 Å². The van der Waals surface area contributed by atoms with Crippen molar-refractivity contribution in [2.24, 2.45) is 0 Å². The van der Waals surface area contributed by atoms with Crippen LogP contribution in [0.1, 0.15) is 26.3 Å². The molecule has 0 fully saturated rings. The van der Waals surface area contributed by atoms with Crippen LogP contribution in [0.4, 0.5) is 0 Å². The zero-order chi connectivity index (χ0) is 15.0. The number of rotatable bonds is 8. The van der Waals surface area contributed by atoms with Gasteiger partial charge in [0.2, 0.25) is 0 Å². The zero-order valence-electron chi connectivity index (χ0n) is 12.4. The molecular formula is C15H23ClN2O2. The highest BCUT2D eigenvalue weighted by Crippen LogP contribution is 2.25. The van der Waals surface area contributed by atoms with Gasteiger partial charge < -0.3 is 15.0 Å². The van der Waals surface area contributed by atoms with Crippen molar-refractivity contribution in [1.29, 1.82) is 0 Å². The van der Waals surface area contributed by atoms with Crippen LogP contribution in [0.25, 0.3) is 0 Å². The molecule has 20 heavy (non-hydrogen) atoms. The minimum absolute atomic E-state index is 0.0218. The van der Waals surface area contributed by atoms with Gasteiger partial charge in [-0.05, 0) is 38.1 Å². The van der Waals surface area contributed by atoms with E-state index in [4.69, 9.17) is 16.3 Å². The molecular weight excluding hydrogens is 276 g/mol. The number of ether oxygens (including phenoxy) is 1. The predicted molar refractivity (Wildman–Crippen MR) is 82.3 cm³/mol. The Morgan fingerprint density at radius 3 is 2.55 bits per heavy atom. The number of nitrogens with zero attached hydrogens (tertiary/aromatic N) is 1. The number of likely N-dealkylation sites (N-methyl/N-ethyl adjacent to an activating group) is 1. The summed E-state index contributed by atoms with van der Waals surface area (Å²) < 4.78 is 5.50. The van der Waals surface area contributed by atoms with Crippen molar-refractivity contribution in [3.8, 4) is 5.75 Å². The lowest BCUT2D eigenvalue weighted by molar-refractivity contribution is -0.132. The number of amides is 1. The zero-order valence-corrected chi connectivity index (χ0v) is 13.2. The second kappa shape index (κ2) is 8.82. The van der Waals surface area contributed by atoms with Gasteiger partial charge in [-0.15, -0.1) is 0 Å². The summed E-state index contributed by atoms with van der Waals surface area (Å²) in [4.78, 5) is 13.6. The molecule has 0 aliphatic heterocycles. The monoisotopic (exact) mass is 298 g/mol. The Labute approximate surface area is 126 Å². The normalized spacial score (nSPS) is 10.4. The van der Waals surface area contributed by atoms with Gasteiger partial charge in [-0.1, -0.05) is 24.6 Å². The summed E-state index contributed by atoms with van der Waals surface area (Å²) in [5, 5.41) is 3.77. The molecule has 0 unspecified atom stereocenters. The maximum atomic E-state index is 11.8. The lowest BCUT2D eigenvalue weighted by Gasteiger charge is -2.19. The first kappa shape index (κ1) is 16.8. The van der Waals surface area contributed by atoms with Gasteiger partial charge in [0, 0.05) is 19.6 Å². The number of hydrogen-bond donors (Lipinski definition) is 1. The van der Waals surface area contributed by atoms with Crippen LogP contribution in [0.3, 0.4) is 0 Å². The molecule has 0 aromatic heterocycles. The average Bonchev–Trinajstić information content (AvgIpc) is 2.45. The molecule has 1 aromatic rings. The quantitative estimate of drug-likeness (QED) is 0.802. The molecule has 1 rings (SSSR count). The van der Waals surface area contributed by atoms with E-state index >= 15 is 0 Å². The molecule has 1 N–H and O–H groups in total. The Hall–Kier alpha value is -1.26. The molecule has 0 atom stereocenters. The molecule has 0 spiro atoms. The molecule has 0 saturated carbocycles. The first-order valence-corrected chi connectivity index (χ1v) is 7.39. The lowest BCUT2D eigenvalue weighted by atomic mass is 10.2. The maximum absolute atomic E-state index is 11.8. The first-order valence-electron chi connectivity index (χ1n) is 7.02. The van der Waals surface area contributed by atoms with Gasteiger partial charge >= 0.3 is 0 Å². The number of carbonyl (C=O) groups is 1. The molecule has 0 saturated heterocycles. The number of benzene rings is 1. The number of nitrogens with one attached hydrogen (secondary N) is 1. The van der Waals surface area contributed by atoms with E-state index < -0.39 is 0 Å². The fraction of sp³-hybridized carbons (Fsp3) is 0.533. The summed E-state index contributed by atoms with van der Waals surface area (Å²) in [5.41, 5.74) is 1.10. The van der Waals surface area contributed by atoms with Crippen LogP contribution < -0.4 is 10.1 Å². The molecule has 1 amide bonds. The summed E-state index contributed by atoms with van der Waals surface area (Å²) in [6, 6.07) is 5.62. The minimum Gasteiger partial charge on any atom is -0.482 e. The van der Waals surface area contributed by atoms with Crippen molar-refractivity contribution in [3.05, 3.63) is 28.8 Å². The van der Waals surface area contributed by atoms with Crippen LogP contribution in [0.5, 0.6) is 5.75 Å². The van der Waals surface area contributed by atoms with Crippen molar-refractivity contribution in [1.82, 2.24) is 10.2 Å². The van der Waals surface area contributed by atoms with Crippen LogP contribution >= 0.6 is 11.6 Å². The van der Waals surface area contributed by atoms with E-state index in [0.717, 1.165) is 18.7 Å². The summed E-state index contributed by atoms with van der Waals surface area (Å²) in [6.07, 6.45) is 0. The number of carbonyl (C=O) groups excluding carboxylic acids is 1. The SMILES string of the molecule is CCNCc1ccc(OCC(=O)N(CC)CC)c(Cl)c1. The summed E-state index contributed by atoms with van der Waals surface area (Å²) in [5.74, 6) is 0.523. The molecule has 5 heteroatoms. The molecule has 0 aliphatic carbocycles. The lowest BCUT2D eigenvalue weighted by Crippen LogP contribution is -2.34. The van der Waals surface area contributed by atoms with E-state index in [-0.39, 0.29) is 12.5 Å². The third-order valence-electron chi connectivity index (χ3n) is 3.04. The second-order valence-corrected chi connectivity index (χ2v) is 4.81. The van der Waals surface area contributed by atoms with E-state index in [1.54, 1.807) is 4.90 Å². The molecule has 0 aliphatic rings. The van der Waals surface area contributed by atoms with Gasteiger partial charge in [-0.3, -0.25) is 4.79 Å². The largest absolute Gasteiger partial charge is 0.482 e. The van der Waals surface area contributed by atoms with Gasteiger partial charge in [0.05, 0.1) is 5.02 Å². The van der Waals surface area contributed by atoms with E-state index in [0.29, 0.717) is 23.9 Å². The van der Waals surface area contributed by atoms with Crippen molar-refractivity contribution < 1.29 is 9.53 Å². The van der Waals surface area contributed by atoms with Crippen molar-refractivity contribution >= 4 is 17.5 Å². The van der Waals surface area contributed by atoms with Crippen molar-refractivity contribution in [2.45, 2.75) is 27.3 Å². The van der Waals surface area contributed by atoms with Crippen LogP contribution in [0.2, 0.25) is 5.02 Å². The van der Waals surface area contributed by atoms with Gasteiger partial charge in [-0.2, -0.15) is 0 Å². The van der Waals surface area contributed by atoms with Gasteiger partial charge in [0.1, 0.15) is 5.75 Å². The molecule has 4 nitrogen and oxygen atoms in total.